The minimum absolute atomic E-state index is 0.279. The molecule has 14 heavy (non-hydrogen) atoms. The van der Waals surface area contributed by atoms with Crippen LogP contribution in [0.5, 0.6) is 0 Å². The standard InChI is InChI=1S/C9H19N3OS/c1-7(2)5-12(6-8(10)13)4-3-9(11)14/h7H,3-6H2,1-2H3,(H2,10,13)(H2,11,14). The van der Waals surface area contributed by atoms with E-state index in [1.165, 1.54) is 0 Å². The fourth-order valence-corrected chi connectivity index (χ4v) is 1.33. The number of nitrogens with zero attached hydrogens (tertiary/aromatic N) is 1. The molecule has 4 N–H and O–H groups in total. The molecule has 0 heterocycles. The molecule has 0 unspecified atom stereocenters. The van der Waals surface area contributed by atoms with Gasteiger partial charge in [-0.05, 0) is 5.92 Å². The van der Waals surface area contributed by atoms with Gasteiger partial charge in [0.1, 0.15) is 0 Å². The monoisotopic (exact) mass is 217 g/mol. The summed E-state index contributed by atoms with van der Waals surface area (Å²) >= 11 is 4.78. The Kier molecular flexibility index (Phi) is 6.40. The Bertz CT molecular complexity index is 206. The maximum atomic E-state index is 10.8. The number of carbonyl (C=O) groups is 1. The van der Waals surface area contributed by atoms with Gasteiger partial charge in [-0.3, -0.25) is 9.69 Å². The van der Waals surface area contributed by atoms with Gasteiger partial charge >= 0.3 is 0 Å². The Morgan fingerprint density at radius 1 is 1.43 bits per heavy atom. The van der Waals surface area contributed by atoms with Crippen molar-refractivity contribution in [2.45, 2.75) is 20.3 Å². The van der Waals surface area contributed by atoms with E-state index in [0.717, 1.165) is 6.54 Å². The molecule has 4 nitrogen and oxygen atoms in total. The van der Waals surface area contributed by atoms with Crippen LogP contribution >= 0.6 is 12.2 Å². The van der Waals surface area contributed by atoms with Crippen LogP contribution in [0.25, 0.3) is 0 Å². The van der Waals surface area contributed by atoms with Crippen molar-refractivity contribution in [3.8, 4) is 0 Å². The van der Waals surface area contributed by atoms with Gasteiger partial charge in [-0.2, -0.15) is 0 Å². The van der Waals surface area contributed by atoms with Crippen molar-refractivity contribution < 1.29 is 4.79 Å². The van der Waals surface area contributed by atoms with Gasteiger partial charge in [0.15, 0.2) is 0 Å². The average Bonchev–Trinajstić information content (AvgIpc) is 1.97. The summed E-state index contributed by atoms with van der Waals surface area (Å²) in [5.74, 6) is 0.189. The number of nitrogens with two attached hydrogens (primary N) is 2. The Morgan fingerprint density at radius 3 is 2.36 bits per heavy atom. The minimum Gasteiger partial charge on any atom is -0.393 e. The summed E-state index contributed by atoms with van der Waals surface area (Å²) in [4.78, 5) is 13.2. The lowest BCUT2D eigenvalue weighted by Gasteiger charge is -2.22. The van der Waals surface area contributed by atoms with E-state index in [-0.39, 0.29) is 12.5 Å². The molecule has 0 fully saturated rings. The van der Waals surface area contributed by atoms with E-state index in [2.05, 4.69) is 13.8 Å². The molecule has 5 heteroatoms. The predicted octanol–water partition coefficient (Wildman–Crippen LogP) is 0.106. The number of carbonyl (C=O) groups excluding carboxylic acids is 1. The largest absolute Gasteiger partial charge is 0.393 e. The van der Waals surface area contributed by atoms with Crippen molar-refractivity contribution in [3.63, 3.8) is 0 Å². The van der Waals surface area contributed by atoms with E-state index in [9.17, 15) is 4.79 Å². The van der Waals surface area contributed by atoms with Crippen molar-refractivity contribution in [2.75, 3.05) is 19.6 Å². The van der Waals surface area contributed by atoms with E-state index >= 15 is 0 Å². The maximum absolute atomic E-state index is 10.8. The van der Waals surface area contributed by atoms with E-state index in [4.69, 9.17) is 23.7 Å². The molecular weight excluding hydrogens is 198 g/mol. The van der Waals surface area contributed by atoms with Crippen LogP contribution in [-0.4, -0.2) is 35.4 Å². The molecule has 0 aromatic heterocycles. The Balaban J connectivity index is 3.96. The van der Waals surface area contributed by atoms with Gasteiger partial charge in [-0.15, -0.1) is 0 Å². The number of rotatable bonds is 7. The number of amides is 1. The number of thiocarbonyl (C=S) groups is 1. The first-order valence-electron chi connectivity index (χ1n) is 4.70. The highest BCUT2D eigenvalue weighted by atomic mass is 32.1. The first-order chi connectivity index (χ1) is 6.41. The molecule has 0 aliphatic heterocycles. The number of hydrogen-bond donors (Lipinski definition) is 2. The van der Waals surface area contributed by atoms with Crippen LogP contribution in [0.2, 0.25) is 0 Å². The number of hydrogen-bond acceptors (Lipinski definition) is 3. The van der Waals surface area contributed by atoms with Gasteiger partial charge in [0, 0.05) is 19.5 Å². The summed E-state index contributed by atoms with van der Waals surface area (Å²) in [7, 11) is 0. The lowest BCUT2D eigenvalue weighted by atomic mass is 10.2. The molecule has 1 amide bonds. The van der Waals surface area contributed by atoms with E-state index in [1.54, 1.807) is 0 Å². The van der Waals surface area contributed by atoms with Gasteiger partial charge < -0.3 is 11.5 Å². The number of primary amides is 1. The van der Waals surface area contributed by atoms with E-state index < -0.39 is 0 Å². The van der Waals surface area contributed by atoms with Gasteiger partial charge in [0.2, 0.25) is 5.91 Å². The van der Waals surface area contributed by atoms with Crippen LogP contribution in [0.15, 0.2) is 0 Å². The lowest BCUT2D eigenvalue weighted by molar-refractivity contribution is -0.119. The fraction of sp³-hybridized carbons (Fsp3) is 0.778. The van der Waals surface area contributed by atoms with Gasteiger partial charge in [-0.1, -0.05) is 26.1 Å². The molecule has 0 saturated heterocycles. The highest BCUT2D eigenvalue weighted by Gasteiger charge is 2.09. The molecule has 0 bridgehead atoms. The Labute approximate surface area is 90.6 Å². The van der Waals surface area contributed by atoms with Crippen molar-refractivity contribution in [2.24, 2.45) is 17.4 Å². The molecule has 0 aromatic carbocycles. The normalized spacial score (nSPS) is 10.9. The maximum Gasteiger partial charge on any atom is 0.231 e. The fourth-order valence-electron chi connectivity index (χ4n) is 1.24. The van der Waals surface area contributed by atoms with Gasteiger partial charge in [0.05, 0.1) is 11.5 Å². The van der Waals surface area contributed by atoms with Crippen LogP contribution < -0.4 is 11.5 Å². The van der Waals surface area contributed by atoms with Gasteiger partial charge in [0.25, 0.3) is 0 Å². The van der Waals surface area contributed by atoms with Crippen LogP contribution in [0.1, 0.15) is 20.3 Å². The van der Waals surface area contributed by atoms with Crippen molar-refractivity contribution >= 4 is 23.1 Å². The zero-order chi connectivity index (χ0) is 11.1. The molecule has 0 spiro atoms. The van der Waals surface area contributed by atoms with E-state index in [1.807, 2.05) is 4.90 Å². The zero-order valence-corrected chi connectivity index (χ0v) is 9.64. The van der Waals surface area contributed by atoms with Crippen LogP contribution in [0.4, 0.5) is 0 Å². The summed E-state index contributed by atoms with van der Waals surface area (Å²) in [5.41, 5.74) is 10.5. The van der Waals surface area contributed by atoms with E-state index in [0.29, 0.717) is 23.9 Å². The quantitative estimate of drug-likeness (QED) is 0.594. The van der Waals surface area contributed by atoms with Crippen LogP contribution in [-0.2, 0) is 4.79 Å². The molecule has 0 rings (SSSR count). The van der Waals surface area contributed by atoms with Crippen molar-refractivity contribution in [1.82, 2.24) is 4.90 Å². The molecule has 0 atom stereocenters. The molecule has 0 aliphatic rings. The summed E-state index contributed by atoms with van der Waals surface area (Å²) in [6, 6.07) is 0. The molecule has 0 saturated carbocycles. The Morgan fingerprint density at radius 2 is 2.00 bits per heavy atom. The highest BCUT2D eigenvalue weighted by molar-refractivity contribution is 7.80. The summed E-state index contributed by atoms with van der Waals surface area (Å²) in [6.45, 7) is 6.01. The summed E-state index contributed by atoms with van der Waals surface area (Å²) in [6.07, 6.45) is 0.634. The first-order valence-corrected chi connectivity index (χ1v) is 5.11. The first kappa shape index (κ1) is 13.3. The second kappa shape index (κ2) is 6.73. The average molecular weight is 217 g/mol. The third-order valence-corrected chi connectivity index (χ3v) is 1.88. The van der Waals surface area contributed by atoms with Crippen molar-refractivity contribution in [3.05, 3.63) is 0 Å². The molecular formula is C9H19N3OS. The molecule has 0 aromatic rings. The second-order valence-electron chi connectivity index (χ2n) is 3.81. The molecule has 0 radical (unpaired) electrons. The lowest BCUT2D eigenvalue weighted by Crippen LogP contribution is -2.37. The minimum atomic E-state index is -0.311. The van der Waals surface area contributed by atoms with Crippen molar-refractivity contribution in [1.29, 1.82) is 0 Å². The third kappa shape index (κ3) is 7.94. The zero-order valence-electron chi connectivity index (χ0n) is 8.82. The van der Waals surface area contributed by atoms with Crippen LogP contribution in [0.3, 0.4) is 0 Å². The predicted molar refractivity (Wildman–Crippen MR) is 61.9 cm³/mol. The smallest absolute Gasteiger partial charge is 0.231 e. The Hall–Kier alpha value is -0.680. The van der Waals surface area contributed by atoms with Gasteiger partial charge in [-0.25, -0.2) is 0 Å². The second-order valence-corrected chi connectivity index (χ2v) is 4.34. The SMILES string of the molecule is CC(C)CN(CCC(N)=S)CC(N)=O. The summed E-state index contributed by atoms with van der Waals surface area (Å²) in [5, 5.41) is 0. The summed E-state index contributed by atoms with van der Waals surface area (Å²) < 4.78 is 0. The third-order valence-electron chi connectivity index (χ3n) is 1.68. The highest BCUT2D eigenvalue weighted by Crippen LogP contribution is 1.99. The molecule has 82 valence electrons. The molecule has 0 aliphatic carbocycles. The topological polar surface area (TPSA) is 72.3 Å². The van der Waals surface area contributed by atoms with Crippen LogP contribution in [0, 0.1) is 5.92 Å².